The van der Waals surface area contributed by atoms with Gasteiger partial charge in [0.1, 0.15) is 23.5 Å². The fourth-order valence-electron chi connectivity index (χ4n) is 2.03. The normalized spacial score (nSPS) is 12.0. The fourth-order valence-corrected chi connectivity index (χ4v) is 2.03. The molecule has 0 aliphatic rings. The fraction of sp³-hybridized carbons (Fsp3) is 0.188. The largest absolute Gasteiger partial charge is 0.332 e. The zero-order valence-corrected chi connectivity index (χ0v) is 11.9. The Bertz CT molecular complexity index is 659. The van der Waals surface area contributed by atoms with Gasteiger partial charge >= 0.3 is 0 Å². The van der Waals surface area contributed by atoms with Crippen molar-refractivity contribution >= 4 is 11.6 Å². The molecule has 0 fully saturated rings. The predicted molar refractivity (Wildman–Crippen MR) is 76.6 cm³/mol. The highest BCUT2D eigenvalue weighted by Gasteiger charge is 2.16. The van der Waals surface area contributed by atoms with Crippen LogP contribution in [-0.4, -0.2) is 12.5 Å². The maximum absolute atomic E-state index is 13.6. The van der Waals surface area contributed by atoms with E-state index in [0.717, 1.165) is 6.07 Å². The number of anilines is 1. The first-order valence-electron chi connectivity index (χ1n) is 6.79. The highest BCUT2D eigenvalue weighted by molar-refractivity contribution is 5.91. The molecule has 2 rings (SSSR count). The molecule has 116 valence electrons. The molecule has 0 saturated carbocycles. The van der Waals surface area contributed by atoms with Gasteiger partial charge in [0.25, 0.3) is 5.91 Å². The van der Waals surface area contributed by atoms with Gasteiger partial charge in [0, 0.05) is 17.3 Å². The number of rotatable bonds is 5. The molecule has 1 amide bonds. The van der Waals surface area contributed by atoms with Crippen molar-refractivity contribution in [2.45, 2.75) is 13.0 Å². The number of amides is 1. The lowest BCUT2D eigenvalue weighted by molar-refractivity contribution is -0.682. The SMILES string of the molecule is C[C@@H]([NH2+]CC(=O)Nc1ccc(F)cc1)c1ccc(F)cc1F. The van der Waals surface area contributed by atoms with Gasteiger partial charge in [0.05, 0.1) is 0 Å². The van der Waals surface area contributed by atoms with Gasteiger partial charge in [-0.3, -0.25) is 4.79 Å². The second-order valence-corrected chi connectivity index (χ2v) is 4.95. The third kappa shape index (κ3) is 4.33. The summed E-state index contributed by atoms with van der Waals surface area (Å²) in [6, 6.07) is 8.43. The molecule has 0 aliphatic carbocycles. The molecule has 0 spiro atoms. The molecule has 22 heavy (non-hydrogen) atoms. The average Bonchev–Trinajstić information content (AvgIpc) is 2.47. The van der Waals surface area contributed by atoms with Crippen molar-refractivity contribution in [2.24, 2.45) is 0 Å². The highest BCUT2D eigenvalue weighted by Crippen LogP contribution is 2.14. The van der Waals surface area contributed by atoms with E-state index in [1.807, 2.05) is 0 Å². The molecular weight excluding hydrogens is 293 g/mol. The maximum Gasteiger partial charge on any atom is 0.279 e. The van der Waals surface area contributed by atoms with Gasteiger partial charge in [-0.15, -0.1) is 0 Å². The number of hydrogen-bond donors (Lipinski definition) is 2. The third-order valence-corrected chi connectivity index (χ3v) is 3.24. The Morgan fingerprint density at radius 1 is 1.09 bits per heavy atom. The third-order valence-electron chi connectivity index (χ3n) is 3.24. The van der Waals surface area contributed by atoms with Crippen LogP contribution in [0.15, 0.2) is 42.5 Å². The minimum atomic E-state index is -0.637. The summed E-state index contributed by atoms with van der Waals surface area (Å²) in [5, 5.41) is 4.24. The molecule has 0 bridgehead atoms. The molecule has 6 heteroatoms. The van der Waals surface area contributed by atoms with Crippen LogP contribution in [0.25, 0.3) is 0 Å². The Morgan fingerprint density at radius 3 is 2.36 bits per heavy atom. The van der Waals surface area contributed by atoms with Crippen LogP contribution in [0.5, 0.6) is 0 Å². The van der Waals surface area contributed by atoms with Crippen molar-refractivity contribution in [3.8, 4) is 0 Å². The van der Waals surface area contributed by atoms with Crippen molar-refractivity contribution in [2.75, 3.05) is 11.9 Å². The van der Waals surface area contributed by atoms with Crippen molar-refractivity contribution in [1.82, 2.24) is 0 Å². The van der Waals surface area contributed by atoms with Crippen LogP contribution < -0.4 is 10.6 Å². The van der Waals surface area contributed by atoms with E-state index in [-0.39, 0.29) is 24.3 Å². The smallest absolute Gasteiger partial charge is 0.279 e. The van der Waals surface area contributed by atoms with Crippen LogP contribution in [0.4, 0.5) is 18.9 Å². The van der Waals surface area contributed by atoms with Gasteiger partial charge in [0.2, 0.25) is 0 Å². The molecule has 2 aromatic carbocycles. The van der Waals surface area contributed by atoms with Crippen molar-refractivity contribution in [1.29, 1.82) is 0 Å². The molecule has 2 aromatic rings. The van der Waals surface area contributed by atoms with E-state index in [4.69, 9.17) is 0 Å². The molecule has 0 aromatic heterocycles. The molecule has 0 aliphatic heterocycles. The molecular formula is C16H16F3N2O+. The Hall–Kier alpha value is -2.34. The number of quaternary nitrogens is 1. The zero-order valence-electron chi connectivity index (χ0n) is 11.9. The second-order valence-electron chi connectivity index (χ2n) is 4.95. The van der Waals surface area contributed by atoms with Crippen molar-refractivity contribution < 1.29 is 23.3 Å². The van der Waals surface area contributed by atoms with E-state index in [0.29, 0.717) is 11.3 Å². The number of halogens is 3. The molecule has 1 atom stereocenters. The van der Waals surface area contributed by atoms with Gasteiger partial charge < -0.3 is 10.6 Å². The van der Waals surface area contributed by atoms with E-state index in [1.165, 1.54) is 36.4 Å². The summed E-state index contributed by atoms with van der Waals surface area (Å²) in [6.07, 6.45) is 0. The summed E-state index contributed by atoms with van der Waals surface area (Å²) < 4.78 is 39.2. The minimum Gasteiger partial charge on any atom is -0.332 e. The van der Waals surface area contributed by atoms with Crippen molar-refractivity contribution in [3.05, 3.63) is 65.5 Å². The molecule has 0 saturated heterocycles. The quantitative estimate of drug-likeness (QED) is 0.875. The van der Waals surface area contributed by atoms with E-state index >= 15 is 0 Å². The Morgan fingerprint density at radius 2 is 1.73 bits per heavy atom. The lowest BCUT2D eigenvalue weighted by Crippen LogP contribution is -2.86. The summed E-state index contributed by atoms with van der Waals surface area (Å²) in [5.41, 5.74) is 0.816. The van der Waals surface area contributed by atoms with E-state index in [2.05, 4.69) is 5.32 Å². The van der Waals surface area contributed by atoms with E-state index < -0.39 is 11.6 Å². The summed E-state index contributed by atoms with van der Waals surface area (Å²) >= 11 is 0. The first kappa shape index (κ1) is 16.0. The van der Waals surface area contributed by atoms with Crippen LogP contribution in [0, 0.1) is 17.5 Å². The number of nitrogens with two attached hydrogens (primary N) is 1. The number of carbonyl (C=O) groups excluding carboxylic acids is 1. The van der Waals surface area contributed by atoms with Gasteiger partial charge in [-0.05, 0) is 43.3 Å². The average molecular weight is 309 g/mol. The molecule has 3 nitrogen and oxygen atoms in total. The Balaban J connectivity index is 1.88. The van der Waals surface area contributed by atoms with Gasteiger partial charge in [-0.2, -0.15) is 0 Å². The monoisotopic (exact) mass is 309 g/mol. The lowest BCUT2D eigenvalue weighted by atomic mass is 10.1. The Labute approximate surface area is 126 Å². The van der Waals surface area contributed by atoms with Crippen molar-refractivity contribution in [3.63, 3.8) is 0 Å². The first-order valence-corrected chi connectivity index (χ1v) is 6.79. The molecule has 0 heterocycles. The van der Waals surface area contributed by atoms with Gasteiger partial charge in [-0.25, -0.2) is 13.2 Å². The zero-order chi connectivity index (χ0) is 16.1. The summed E-state index contributed by atoms with van der Waals surface area (Å²) in [7, 11) is 0. The number of carbonyl (C=O) groups is 1. The van der Waals surface area contributed by atoms with Crippen LogP contribution in [0.3, 0.4) is 0 Å². The van der Waals surface area contributed by atoms with Gasteiger partial charge in [0.15, 0.2) is 6.54 Å². The first-order chi connectivity index (χ1) is 10.5. The Kier molecular flexibility index (Phi) is 5.16. The number of benzene rings is 2. The molecule has 3 N–H and O–H groups in total. The second kappa shape index (κ2) is 7.09. The van der Waals surface area contributed by atoms with Crippen LogP contribution in [0.2, 0.25) is 0 Å². The topological polar surface area (TPSA) is 45.7 Å². The molecule has 0 radical (unpaired) electrons. The van der Waals surface area contributed by atoms with E-state index in [1.54, 1.807) is 12.2 Å². The summed E-state index contributed by atoms with van der Waals surface area (Å²) in [5.74, 6) is -1.95. The standard InChI is InChI=1S/C16H15F3N2O/c1-10(14-7-4-12(18)8-15(14)19)20-9-16(22)21-13-5-2-11(17)3-6-13/h2-8,10,20H,9H2,1H3,(H,21,22)/p+1/t10-/m1/s1. The summed E-state index contributed by atoms with van der Waals surface area (Å²) in [4.78, 5) is 11.8. The summed E-state index contributed by atoms with van der Waals surface area (Å²) in [6.45, 7) is 1.79. The predicted octanol–water partition coefficient (Wildman–Crippen LogP) is 2.37. The minimum absolute atomic E-state index is 0.0648. The number of hydrogen-bond acceptors (Lipinski definition) is 1. The van der Waals surface area contributed by atoms with Crippen LogP contribution in [0.1, 0.15) is 18.5 Å². The number of nitrogens with one attached hydrogen (secondary N) is 1. The van der Waals surface area contributed by atoms with Crippen LogP contribution >= 0.6 is 0 Å². The van der Waals surface area contributed by atoms with E-state index in [9.17, 15) is 18.0 Å². The maximum atomic E-state index is 13.6. The molecule has 0 unspecified atom stereocenters. The highest BCUT2D eigenvalue weighted by atomic mass is 19.1. The van der Waals surface area contributed by atoms with Gasteiger partial charge in [-0.1, -0.05) is 0 Å². The lowest BCUT2D eigenvalue weighted by Gasteiger charge is -2.12. The van der Waals surface area contributed by atoms with Crippen LogP contribution in [-0.2, 0) is 4.79 Å².